The van der Waals surface area contributed by atoms with Crippen molar-refractivity contribution < 1.29 is 4.79 Å². The normalized spacial score (nSPS) is 14.8. The first-order valence-electron chi connectivity index (χ1n) is 7.47. The van der Waals surface area contributed by atoms with Gasteiger partial charge in [-0.1, -0.05) is 24.3 Å². The number of rotatable bonds is 4. The first-order valence-corrected chi connectivity index (χ1v) is 8.62. The van der Waals surface area contributed by atoms with E-state index in [4.69, 9.17) is 0 Å². The zero-order valence-electron chi connectivity index (χ0n) is 12.4. The van der Waals surface area contributed by atoms with E-state index < -0.39 is 0 Å². The van der Waals surface area contributed by atoms with Crippen LogP contribution in [-0.4, -0.2) is 45.3 Å². The van der Waals surface area contributed by atoms with Gasteiger partial charge < -0.3 is 10.2 Å². The lowest BCUT2D eigenvalue weighted by atomic mass is 10.1. The monoisotopic (exact) mass is 316 g/mol. The summed E-state index contributed by atoms with van der Waals surface area (Å²) in [6, 6.07) is 10.3. The molecule has 1 aromatic carbocycles. The van der Waals surface area contributed by atoms with E-state index in [-0.39, 0.29) is 6.03 Å². The number of hydrogen-bond donors (Lipinski definition) is 1. The van der Waals surface area contributed by atoms with E-state index in [1.807, 2.05) is 33.6 Å². The smallest absolute Gasteiger partial charge is 0.317 e. The Bertz CT molecular complexity index is 591. The second-order valence-electron chi connectivity index (χ2n) is 5.28. The summed E-state index contributed by atoms with van der Waals surface area (Å²) in [4.78, 5) is 13.9. The lowest BCUT2D eigenvalue weighted by Gasteiger charge is -2.26. The largest absolute Gasteiger partial charge is 0.334 e. The Kier molecular flexibility index (Phi) is 5.00. The third kappa shape index (κ3) is 4.04. The highest BCUT2D eigenvalue weighted by Crippen LogP contribution is 2.10. The Morgan fingerprint density at radius 2 is 1.91 bits per heavy atom. The van der Waals surface area contributed by atoms with Gasteiger partial charge in [-0.25, -0.2) is 4.79 Å². The number of carbonyl (C=O) groups is 1. The molecule has 116 valence electrons. The van der Waals surface area contributed by atoms with Gasteiger partial charge >= 0.3 is 6.03 Å². The van der Waals surface area contributed by atoms with E-state index in [9.17, 15) is 4.79 Å². The fourth-order valence-corrected chi connectivity index (χ4v) is 3.30. The lowest BCUT2D eigenvalue weighted by molar-refractivity contribution is 0.202. The average Bonchev–Trinajstić information content (AvgIpc) is 3.08. The maximum absolute atomic E-state index is 12.0. The molecule has 1 aromatic heterocycles. The van der Waals surface area contributed by atoms with E-state index in [0.29, 0.717) is 6.54 Å². The summed E-state index contributed by atoms with van der Waals surface area (Å²) in [5.74, 6) is 2.07. The van der Waals surface area contributed by atoms with Crippen LogP contribution in [0.1, 0.15) is 11.1 Å². The summed E-state index contributed by atoms with van der Waals surface area (Å²) in [6.07, 6.45) is 3.73. The number of carbonyl (C=O) groups excluding carboxylic acids is 1. The fourth-order valence-electron chi connectivity index (χ4n) is 2.40. The second-order valence-corrected chi connectivity index (χ2v) is 6.50. The molecule has 0 aliphatic carbocycles. The van der Waals surface area contributed by atoms with Crippen molar-refractivity contribution >= 4 is 17.8 Å². The predicted molar refractivity (Wildman–Crippen MR) is 88.9 cm³/mol. The van der Waals surface area contributed by atoms with Crippen molar-refractivity contribution in [2.24, 2.45) is 0 Å². The van der Waals surface area contributed by atoms with Crippen molar-refractivity contribution in [3.8, 4) is 0 Å². The predicted octanol–water partition coefficient (Wildman–Crippen LogP) is 2.19. The van der Waals surface area contributed by atoms with Crippen molar-refractivity contribution in [2.75, 3.05) is 24.6 Å². The number of urea groups is 1. The average molecular weight is 316 g/mol. The van der Waals surface area contributed by atoms with Crippen molar-refractivity contribution in [2.45, 2.75) is 13.1 Å². The highest BCUT2D eigenvalue weighted by Gasteiger charge is 2.15. The van der Waals surface area contributed by atoms with Crippen molar-refractivity contribution in [1.82, 2.24) is 20.0 Å². The molecule has 1 saturated heterocycles. The highest BCUT2D eigenvalue weighted by atomic mass is 32.2. The molecule has 2 amide bonds. The molecule has 1 aliphatic heterocycles. The minimum absolute atomic E-state index is 0.0425. The zero-order valence-corrected chi connectivity index (χ0v) is 13.3. The van der Waals surface area contributed by atoms with E-state index in [0.717, 1.165) is 36.7 Å². The van der Waals surface area contributed by atoms with Crippen LogP contribution in [-0.2, 0) is 13.1 Å². The summed E-state index contributed by atoms with van der Waals surface area (Å²) in [6.45, 7) is 3.04. The molecule has 0 saturated carbocycles. The van der Waals surface area contributed by atoms with Gasteiger partial charge in [0.2, 0.25) is 0 Å². The molecular weight excluding hydrogens is 296 g/mol. The molecule has 1 aliphatic rings. The molecule has 0 radical (unpaired) electrons. The molecular formula is C16H20N4OS. The molecule has 0 unspecified atom stereocenters. The summed E-state index contributed by atoms with van der Waals surface area (Å²) >= 11 is 1.90. The number of nitrogens with zero attached hydrogens (tertiary/aromatic N) is 3. The molecule has 5 nitrogen and oxygen atoms in total. The van der Waals surface area contributed by atoms with E-state index in [1.54, 1.807) is 6.20 Å². The summed E-state index contributed by atoms with van der Waals surface area (Å²) in [5.41, 5.74) is 2.32. The number of aromatic nitrogens is 2. The van der Waals surface area contributed by atoms with Gasteiger partial charge in [0.15, 0.2) is 0 Å². The van der Waals surface area contributed by atoms with Crippen LogP contribution in [0.25, 0.3) is 0 Å². The topological polar surface area (TPSA) is 50.2 Å². The molecule has 6 heteroatoms. The second kappa shape index (κ2) is 7.35. The van der Waals surface area contributed by atoms with Gasteiger partial charge in [-0.2, -0.15) is 16.9 Å². The van der Waals surface area contributed by atoms with Crippen LogP contribution in [0.5, 0.6) is 0 Å². The number of nitrogens with one attached hydrogen (secondary N) is 1. The Hall–Kier alpha value is -1.95. The van der Waals surface area contributed by atoms with Crippen LogP contribution in [0.3, 0.4) is 0 Å². The van der Waals surface area contributed by atoms with Crippen molar-refractivity contribution in [3.05, 3.63) is 53.9 Å². The molecule has 0 spiro atoms. The van der Waals surface area contributed by atoms with Gasteiger partial charge in [-0.3, -0.25) is 4.68 Å². The number of amides is 2. The zero-order chi connectivity index (χ0) is 15.2. The molecule has 1 fully saturated rings. The standard InChI is InChI=1S/C16H20N4OS/c21-16(19-8-10-22-11-9-19)17-12-14-2-4-15(5-3-14)13-20-7-1-6-18-20/h1-7H,8-13H2,(H,17,21). The highest BCUT2D eigenvalue weighted by molar-refractivity contribution is 7.99. The molecule has 0 atom stereocenters. The summed E-state index contributed by atoms with van der Waals surface area (Å²) in [7, 11) is 0. The minimum Gasteiger partial charge on any atom is -0.334 e. The Balaban J connectivity index is 1.49. The van der Waals surface area contributed by atoms with Crippen LogP contribution >= 0.6 is 11.8 Å². The van der Waals surface area contributed by atoms with Crippen molar-refractivity contribution in [1.29, 1.82) is 0 Å². The SMILES string of the molecule is O=C(NCc1ccc(Cn2cccn2)cc1)N1CCSCC1. The Labute approximate surface area is 134 Å². The first kappa shape index (κ1) is 15.0. The lowest BCUT2D eigenvalue weighted by Crippen LogP contribution is -2.44. The maximum atomic E-state index is 12.0. The third-order valence-electron chi connectivity index (χ3n) is 3.67. The fraction of sp³-hybridized carbons (Fsp3) is 0.375. The third-order valence-corrected chi connectivity index (χ3v) is 4.61. The van der Waals surface area contributed by atoms with Gasteiger partial charge in [0.05, 0.1) is 6.54 Å². The van der Waals surface area contributed by atoms with E-state index in [2.05, 4.69) is 34.7 Å². The molecule has 22 heavy (non-hydrogen) atoms. The van der Waals surface area contributed by atoms with Crippen molar-refractivity contribution in [3.63, 3.8) is 0 Å². The molecule has 2 aromatic rings. The van der Waals surface area contributed by atoms with Crippen LogP contribution in [0.15, 0.2) is 42.7 Å². The first-order chi connectivity index (χ1) is 10.8. The molecule has 2 heterocycles. The molecule has 0 bridgehead atoms. The van der Waals surface area contributed by atoms with Crippen LogP contribution < -0.4 is 5.32 Å². The number of hydrogen-bond acceptors (Lipinski definition) is 3. The maximum Gasteiger partial charge on any atom is 0.317 e. The number of benzene rings is 1. The van der Waals surface area contributed by atoms with Gasteiger partial charge in [0, 0.05) is 43.5 Å². The van der Waals surface area contributed by atoms with Gasteiger partial charge in [0.1, 0.15) is 0 Å². The van der Waals surface area contributed by atoms with E-state index >= 15 is 0 Å². The van der Waals surface area contributed by atoms with Crippen LogP contribution in [0, 0.1) is 0 Å². The molecule has 1 N–H and O–H groups in total. The summed E-state index contributed by atoms with van der Waals surface area (Å²) < 4.78 is 1.89. The Morgan fingerprint density at radius 3 is 2.59 bits per heavy atom. The number of thioether (sulfide) groups is 1. The van der Waals surface area contributed by atoms with Gasteiger partial charge in [0.25, 0.3) is 0 Å². The quantitative estimate of drug-likeness (QED) is 0.941. The minimum atomic E-state index is 0.0425. The van der Waals surface area contributed by atoms with Gasteiger partial charge in [-0.15, -0.1) is 0 Å². The van der Waals surface area contributed by atoms with E-state index in [1.165, 1.54) is 5.56 Å². The van der Waals surface area contributed by atoms with Crippen LogP contribution in [0.2, 0.25) is 0 Å². The molecule has 3 rings (SSSR count). The Morgan fingerprint density at radius 1 is 1.18 bits per heavy atom. The summed E-state index contributed by atoms with van der Waals surface area (Å²) in [5, 5.41) is 7.19. The van der Waals surface area contributed by atoms with Gasteiger partial charge in [-0.05, 0) is 17.2 Å². The van der Waals surface area contributed by atoms with Crippen LogP contribution in [0.4, 0.5) is 4.79 Å².